The number of carbonyl (C=O) groups excluding carboxylic acids is 1. The van der Waals surface area contributed by atoms with Crippen molar-refractivity contribution in [2.45, 2.75) is 12.8 Å². The molecule has 16 heavy (non-hydrogen) atoms. The standard InChI is InChI=1S/C12H12N2O2/c1-8(12(15)16-2)11-10-6-4-3-5-9(10)7-13-14-11/h3-8H,1-2H3. The molecule has 4 heteroatoms. The quantitative estimate of drug-likeness (QED) is 0.719. The number of hydrogen-bond donors (Lipinski definition) is 0. The van der Waals surface area contributed by atoms with E-state index in [4.69, 9.17) is 4.74 Å². The summed E-state index contributed by atoms with van der Waals surface area (Å²) in [5.41, 5.74) is 0.657. The molecular weight excluding hydrogens is 204 g/mol. The van der Waals surface area contributed by atoms with Crippen molar-refractivity contribution in [3.8, 4) is 0 Å². The van der Waals surface area contributed by atoms with E-state index >= 15 is 0 Å². The van der Waals surface area contributed by atoms with Gasteiger partial charge in [0.1, 0.15) is 0 Å². The molecule has 0 saturated heterocycles. The smallest absolute Gasteiger partial charge is 0.314 e. The number of benzene rings is 1. The first-order valence-corrected chi connectivity index (χ1v) is 5.02. The van der Waals surface area contributed by atoms with E-state index in [1.165, 1.54) is 7.11 Å². The molecule has 0 amide bonds. The Kier molecular flexibility index (Phi) is 2.81. The number of ether oxygens (including phenoxy) is 1. The number of methoxy groups -OCH3 is 1. The Morgan fingerprint density at radius 3 is 2.88 bits per heavy atom. The first-order valence-electron chi connectivity index (χ1n) is 5.02. The predicted molar refractivity (Wildman–Crippen MR) is 60.0 cm³/mol. The van der Waals surface area contributed by atoms with Gasteiger partial charge in [-0.3, -0.25) is 4.79 Å². The van der Waals surface area contributed by atoms with Crippen LogP contribution in [0.15, 0.2) is 30.5 Å². The van der Waals surface area contributed by atoms with E-state index in [1.54, 1.807) is 13.1 Å². The average molecular weight is 216 g/mol. The van der Waals surface area contributed by atoms with Gasteiger partial charge in [-0.05, 0) is 6.92 Å². The van der Waals surface area contributed by atoms with E-state index in [9.17, 15) is 4.79 Å². The average Bonchev–Trinajstić information content (AvgIpc) is 2.36. The van der Waals surface area contributed by atoms with Gasteiger partial charge in [-0.15, -0.1) is 0 Å². The second-order valence-corrected chi connectivity index (χ2v) is 3.56. The van der Waals surface area contributed by atoms with Gasteiger partial charge in [0.05, 0.1) is 24.9 Å². The summed E-state index contributed by atoms with van der Waals surface area (Å²) >= 11 is 0. The van der Waals surface area contributed by atoms with E-state index in [0.29, 0.717) is 5.69 Å². The maximum absolute atomic E-state index is 11.5. The molecular formula is C12H12N2O2. The Balaban J connectivity index is 2.56. The number of rotatable bonds is 2. The van der Waals surface area contributed by atoms with E-state index in [1.807, 2.05) is 24.3 Å². The van der Waals surface area contributed by atoms with Crippen LogP contribution in [0.2, 0.25) is 0 Å². The van der Waals surface area contributed by atoms with Crippen molar-refractivity contribution in [2.24, 2.45) is 0 Å². The number of aromatic nitrogens is 2. The summed E-state index contributed by atoms with van der Waals surface area (Å²) in [5.74, 6) is -0.700. The SMILES string of the molecule is COC(=O)C(C)c1nncc2ccccc12. The lowest BCUT2D eigenvalue weighted by Crippen LogP contribution is -2.13. The van der Waals surface area contributed by atoms with Gasteiger partial charge in [-0.25, -0.2) is 0 Å². The van der Waals surface area contributed by atoms with Crippen molar-refractivity contribution in [1.82, 2.24) is 10.2 Å². The van der Waals surface area contributed by atoms with Crippen LogP contribution < -0.4 is 0 Å². The summed E-state index contributed by atoms with van der Waals surface area (Å²) in [6, 6.07) is 7.71. The Bertz CT molecular complexity index is 520. The molecule has 0 spiro atoms. The predicted octanol–water partition coefficient (Wildman–Crippen LogP) is 1.91. The van der Waals surface area contributed by atoms with Crippen molar-refractivity contribution < 1.29 is 9.53 Å². The maximum Gasteiger partial charge on any atom is 0.314 e. The molecule has 2 aromatic rings. The largest absolute Gasteiger partial charge is 0.469 e. The van der Waals surface area contributed by atoms with Crippen molar-refractivity contribution in [1.29, 1.82) is 0 Å². The van der Waals surface area contributed by atoms with Crippen molar-refractivity contribution in [2.75, 3.05) is 7.11 Å². The molecule has 1 aromatic carbocycles. The number of hydrogen-bond acceptors (Lipinski definition) is 4. The normalized spacial score (nSPS) is 12.4. The van der Waals surface area contributed by atoms with Gasteiger partial charge in [0.2, 0.25) is 0 Å². The van der Waals surface area contributed by atoms with E-state index in [2.05, 4.69) is 10.2 Å². The van der Waals surface area contributed by atoms with Crippen LogP contribution in [0.3, 0.4) is 0 Å². The van der Waals surface area contributed by atoms with Crippen LogP contribution in [0.1, 0.15) is 18.5 Å². The van der Waals surface area contributed by atoms with Gasteiger partial charge in [0.15, 0.2) is 0 Å². The number of esters is 1. The van der Waals surface area contributed by atoms with E-state index < -0.39 is 5.92 Å². The topological polar surface area (TPSA) is 52.1 Å². The monoisotopic (exact) mass is 216 g/mol. The molecule has 1 atom stereocenters. The van der Waals surface area contributed by atoms with Gasteiger partial charge >= 0.3 is 5.97 Å². The van der Waals surface area contributed by atoms with E-state index in [-0.39, 0.29) is 5.97 Å². The zero-order chi connectivity index (χ0) is 11.5. The lowest BCUT2D eigenvalue weighted by Gasteiger charge is -2.10. The molecule has 1 heterocycles. The summed E-state index contributed by atoms with van der Waals surface area (Å²) < 4.78 is 4.71. The zero-order valence-electron chi connectivity index (χ0n) is 9.18. The number of carbonyl (C=O) groups is 1. The molecule has 0 N–H and O–H groups in total. The third-order valence-electron chi connectivity index (χ3n) is 2.56. The molecule has 0 aliphatic rings. The Morgan fingerprint density at radius 1 is 1.38 bits per heavy atom. The van der Waals surface area contributed by atoms with Gasteiger partial charge in [0, 0.05) is 10.8 Å². The van der Waals surface area contributed by atoms with Crippen molar-refractivity contribution in [3.63, 3.8) is 0 Å². The lowest BCUT2D eigenvalue weighted by atomic mass is 10.0. The second kappa shape index (κ2) is 4.26. The fourth-order valence-electron chi connectivity index (χ4n) is 1.66. The van der Waals surface area contributed by atoms with Gasteiger partial charge in [-0.1, -0.05) is 24.3 Å². The summed E-state index contributed by atoms with van der Waals surface area (Å²) in [7, 11) is 1.37. The third-order valence-corrected chi connectivity index (χ3v) is 2.56. The second-order valence-electron chi connectivity index (χ2n) is 3.56. The minimum absolute atomic E-state index is 0.300. The summed E-state index contributed by atoms with van der Waals surface area (Å²) in [4.78, 5) is 11.5. The van der Waals surface area contributed by atoms with Crippen LogP contribution in [0, 0.1) is 0 Å². The maximum atomic E-state index is 11.5. The third kappa shape index (κ3) is 1.74. The van der Waals surface area contributed by atoms with Crippen LogP contribution in [0.4, 0.5) is 0 Å². The molecule has 4 nitrogen and oxygen atoms in total. The highest BCUT2D eigenvalue weighted by Gasteiger charge is 2.19. The van der Waals surface area contributed by atoms with Crippen LogP contribution in [0.25, 0.3) is 10.8 Å². The van der Waals surface area contributed by atoms with Crippen LogP contribution in [0.5, 0.6) is 0 Å². The molecule has 0 aliphatic carbocycles. The van der Waals surface area contributed by atoms with Crippen molar-refractivity contribution in [3.05, 3.63) is 36.2 Å². The number of fused-ring (bicyclic) bond motifs is 1. The lowest BCUT2D eigenvalue weighted by molar-refractivity contribution is -0.142. The molecule has 1 aromatic heterocycles. The highest BCUT2D eigenvalue weighted by atomic mass is 16.5. The Labute approximate surface area is 93.3 Å². The number of nitrogens with zero attached hydrogens (tertiary/aromatic N) is 2. The molecule has 0 saturated carbocycles. The van der Waals surface area contributed by atoms with Gasteiger partial charge < -0.3 is 4.74 Å². The van der Waals surface area contributed by atoms with Gasteiger partial charge in [-0.2, -0.15) is 10.2 Å². The molecule has 0 radical (unpaired) electrons. The molecule has 0 fully saturated rings. The molecule has 0 bridgehead atoms. The fraction of sp³-hybridized carbons (Fsp3) is 0.250. The van der Waals surface area contributed by atoms with Crippen LogP contribution >= 0.6 is 0 Å². The minimum atomic E-state index is -0.399. The summed E-state index contributed by atoms with van der Waals surface area (Å²) in [5, 5.41) is 9.83. The molecule has 82 valence electrons. The van der Waals surface area contributed by atoms with Crippen LogP contribution in [-0.2, 0) is 9.53 Å². The highest BCUT2D eigenvalue weighted by molar-refractivity contribution is 5.88. The first kappa shape index (κ1) is 10.5. The first-order chi connectivity index (χ1) is 7.74. The molecule has 0 aliphatic heterocycles. The Morgan fingerprint density at radius 2 is 2.12 bits per heavy atom. The molecule has 2 rings (SSSR count). The molecule has 1 unspecified atom stereocenters. The zero-order valence-corrected chi connectivity index (χ0v) is 9.18. The van der Waals surface area contributed by atoms with Crippen molar-refractivity contribution >= 4 is 16.7 Å². The highest BCUT2D eigenvalue weighted by Crippen LogP contribution is 2.22. The van der Waals surface area contributed by atoms with Crippen LogP contribution in [-0.4, -0.2) is 23.3 Å². The van der Waals surface area contributed by atoms with Gasteiger partial charge in [0.25, 0.3) is 0 Å². The summed E-state index contributed by atoms with van der Waals surface area (Å²) in [6.45, 7) is 1.77. The van der Waals surface area contributed by atoms with E-state index in [0.717, 1.165) is 10.8 Å². The minimum Gasteiger partial charge on any atom is -0.469 e. The summed E-state index contributed by atoms with van der Waals surface area (Å²) in [6.07, 6.45) is 1.68. The Hall–Kier alpha value is -1.97. The fourth-order valence-corrected chi connectivity index (χ4v) is 1.66.